The lowest BCUT2D eigenvalue weighted by molar-refractivity contribution is 1.05. The minimum Gasteiger partial charge on any atom is -0.353 e. The standard InChI is InChI=1S/C24H24N2/c1-5-11-22-16(2)17(3)24(26(22)19-12-7-6-8-13-19)23-18(4)20-14-9-10-15-21(20)25-23/h5-15,25H,1-4H3/b11-5-. The van der Waals surface area contributed by atoms with Gasteiger partial charge in [0.25, 0.3) is 0 Å². The van der Waals surface area contributed by atoms with E-state index in [1.807, 2.05) is 0 Å². The zero-order valence-electron chi connectivity index (χ0n) is 15.8. The van der Waals surface area contributed by atoms with Gasteiger partial charge in [0.1, 0.15) is 0 Å². The Morgan fingerprint density at radius 1 is 0.808 bits per heavy atom. The summed E-state index contributed by atoms with van der Waals surface area (Å²) in [6.45, 7) is 8.72. The summed E-state index contributed by atoms with van der Waals surface area (Å²) in [6.07, 6.45) is 4.32. The molecule has 4 aromatic rings. The van der Waals surface area contributed by atoms with Crippen molar-refractivity contribution >= 4 is 17.0 Å². The topological polar surface area (TPSA) is 20.7 Å². The van der Waals surface area contributed by atoms with Gasteiger partial charge in [0, 0.05) is 22.3 Å². The summed E-state index contributed by atoms with van der Waals surface area (Å²) in [5.74, 6) is 0. The van der Waals surface area contributed by atoms with Crippen LogP contribution in [0.1, 0.15) is 29.3 Å². The Hall–Kier alpha value is -3.00. The van der Waals surface area contributed by atoms with Gasteiger partial charge in [0.15, 0.2) is 0 Å². The van der Waals surface area contributed by atoms with E-state index in [4.69, 9.17) is 0 Å². The number of nitrogens with zero attached hydrogens (tertiary/aromatic N) is 1. The molecule has 2 aromatic carbocycles. The van der Waals surface area contributed by atoms with Crippen molar-refractivity contribution in [2.75, 3.05) is 0 Å². The molecule has 26 heavy (non-hydrogen) atoms. The summed E-state index contributed by atoms with van der Waals surface area (Å²) in [5, 5.41) is 1.29. The van der Waals surface area contributed by atoms with Crippen LogP contribution in [0, 0.1) is 20.8 Å². The first-order valence-electron chi connectivity index (χ1n) is 9.11. The maximum atomic E-state index is 3.67. The minimum atomic E-state index is 1.19. The van der Waals surface area contributed by atoms with Crippen LogP contribution in [0.4, 0.5) is 0 Å². The maximum Gasteiger partial charge on any atom is 0.0732 e. The van der Waals surface area contributed by atoms with Crippen LogP contribution in [0.2, 0.25) is 0 Å². The van der Waals surface area contributed by atoms with E-state index in [1.54, 1.807) is 0 Å². The molecule has 1 N–H and O–H groups in total. The van der Waals surface area contributed by atoms with E-state index in [0.29, 0.717) is 0 Å². The summed E-state index contributed by atoms with van der Waals surface area (Å²) in [7, 11) is 0. The Labute approximate surface area is 154 Å². The third-order valence-electron chi connectivity index (χ3n) is 5.31. The van der Waals surface area contributed by atoms with Crippen LogP contribution < -0.4 is 0 Å². The molecule has 0 aliphatic carbocycles. The number of hydrogen-bond donors (Lipinski definition) is 1. The second kappa shape index (κ2) is 6.38. The largest absolute Gasteiger partial charge is 0.353 e. The van der Waals surface area contributed by atoms with Crippen molar-refractivity contribution in [3.8, 4) is 17.1 Å². The fourth-order valence-electron chi connectivity index (χ4n) is 3.85. The molecule has 0 saturated heterocycles. The van der Waals surface area contributed by atoms with E-state index in [-0.39, 0.29) is 0 Å². The van der Waals surface area contributed by atoms with E-state index >= 15 is 0 Å². The fraction of sp³-hybridized carbons (Fsp3) is 0.167. The highest BCUT2D eigenvalue weighted by molar-refractivity contribution is 5.91. The summed E-state index contributed by atoms with van der Waals surface area (Å²) in [4.78, 5) is 3.67. The highest BCUT2D eigenvalue weighted by Crippen LogP contribution is 2.37. The quantitative estimate of drug-likeness (QED) is 0.434. The molecule has 0 atom stereocenters. The molecule has 0 saturated carbocycles. The average molecular weight is 340 g/mol. The van der Waals surface area contributed by atoms with E-state index < -0.39 is 0 Å². The molecule has 2 heterocycles. The normalized spacial score (nSPS) is 11.7. The van der Waals surface area contributed by atoms with E-state index in [1.165, 1.54) is 50.4 Å². The van der Waals surface area contributed by atoms with Crippen LogP contribution >= 0.6 is 0 Å². The zero-order valence-corrected chi connectivity index (χ0v) is 15.8. The average Bonchev–Trinajstić information content (AvgIpc) is 3.12. The smallest absolute Gasteiger partial charge is 0.0732 e. The summed E-state index contributed by atoms with van der Waals surface area (Å²) in [5.41, 5.74) is 9.99. The number of aromatic nitrogens is 2. The minimum absolute atomic E-state index is 1.19. The second-order valence-corrected chi connectivity index (χ2v) is 6.83. The van der Waals surface area contributed by atoms with Crippen molar-refractivity contribution in [3.05, 3.63) is 83.1 Å². The van der Waals surface area contributed by atoms with Crippen molar-refractivity contribution < 1.29 is 0 Å². The number of rotatable bonds is 3. The molecule has 2 aromatic heterocycles. The van der Waals surface area contributed by atoms with Crippen LogP contribution in [0.25, 0.3) is 34.1 Å². The predicted octanol–water partition coefficient (Wildman–Crippen LogP) is 6.58. The third-order valence-corrected chi connectivity index (χ3v) is 5.31. The summed E-state index contributed by atoms with van der Waals surface area (Å²) < 4.78 is 2.38. The van der Waals surface area contributed by atoms with Crippen LogP contribution in [0.15, 0.2) is 60.7 Å². The van der Waals surface area contributed by atoms with Crippen molar-refractivity contribution in [3.63, 3.8) is 0 Å². The Bertz CT molecular complexity index is 1110. The van der Waals surface area contributed by atoms with Gasteiger partial charge in [-0.2, -0.15) is 0 Å². The highest BCUT2D eigenvalue weighted by Gasteiger charge is 2.21. The molecular formula is C24H24N2. The first-order valence-corrected chi connectivity index (χ1v) is 9.11. The number of para-hydroxylation sites is 2. The molecule has 0 aliphatic heterocycles. The van der Waals surface area contributed by atoms with Gasteiger partial charge >= 0.3 is 0 Å². The maximum absolute atomic E-state index is 3.67. The molecule has 0 spiro atoms. The number of H-pyrrole nitrogens is 1. The lowest BCUT2D eigenvalue weighted by atomic mass is 10.1. The Morgan fingerprint density at radius 3 is 2.19 bits per heavy atom. The number of aromatic amines is 1. The number of benzene rings is 2. The van der Waals surface area contributed by atoms with Gasteiger partial charge in [-0.05, 0) is 68.7 Å². The monoisotopic (exact) mass is 340 g/mol. The first kappa shape index (κ1) is 16.5. The molecule has 2 heteroatoms. The Balaban J connectivity index is 2.11. The van der Waals surface area contributed by atoms with Gasteiger partial charge in [-0.1, -0.05) is 42.5 Å². The van der Waals surface area contributed by atoms with Gasteiger partial charge < -0.3 is 9.55 Å². The molecule has 0 unspecified atom stereocenters. The molecule has 4 rings (SSSR count). The second-order valence-electron chi connectivity index (χ2n) is 6.83. The molecule has 2 nitrogen and oxygen atoms in total. The van der Waals surface area contributed by atoms with Gasteiger partial charge in [0.2, 0.25) is 0 Å². The fourth-order valence-corrected chi connectivity index (χ4v) is 3.85. The van der Waals surface area contributed by atoms with Crippen LogP contribution in [-0.4, -0.2) is 9.55 Å². The molecule has 0 fully saturated rings. The molecule has 0 aliphatic rings. The number of hydrogen-bond acceptors (Lipinski definition) is 0. The zero-order chi connectivity index (χ0) is 18.3. The molecule has 0 amide bonds. The predicted molar refractivity (Wildman–Crippen MR) is 112 cm³/mol. The summed E-state index contributed by atoms with van der Waals surface area (Å²) >= 11 is 0. The first-order chi connectivity index (χ1) is 12.6. The SMILES string of the molecule is C/C=C\c1c(C)c(C)c(-c2[nH]c3ccccc3c2C)n1-c1ccccc1. The number of nitrogens with one attached hydrogen (secondary N) is 1. The summed E-state index contributed by atoms with van der Waals surface area (Å²) in [6, 6.07) is 19.1. The molecule has 0 bridgehead atoms. The van der Waals surface area contributed by atoms with Gasteiger partial charge in [-0.15, -0.1) is 0 Å². The van der Waals surface area contributed by atoms with E-state index in [9.17, 15) is 0 Å². The van der Waals surface area contributed by atoms with Gasteiger partial charge in [-0.25, -0.2) is 0 Å². The number of allylic oxidation sites excluding steroid dienone is 1. The van der Waals surface area contributed by atoms with E-state index in [0.717, 1.165) is 0 Å². The van der Waals surface area contributed by atoms with Crippen molar-refractivity contribution in [2.24, 2.45) is 0 Å². The molecular weight excluding hydrogens is 316 g/mol. The van der Waals surface area contributed by atoms with Crippen molar-refractivity contribution in [1.82, 2.24) is 9.55 Å². The Kier molecular flexibility index (Phi) is 4.04. The molecule has 0 radical (unpaired) electrons. The van der Waals surface area contributed by atoms with Crippen molar-refractivity contribution in [1.29, 1.82) is 0 Å². The van der Waals surface area contributed by atoms with Gasteiger partial charge in [-0.3, -0.25) is 0 Å². The van der Waals surface area contributed by atoms with Crippen molar-refractivity contribution in [2.45, 2.75) is 27.7 Å². The van der Waals surface area contributed by atoms with Gasteiger partial charge in [0.05, 0.1) is 11.4 Å². The van der Waals surface area contributed by atoms with Crippen LogP contribution in [0.3, 0.4) is 0 Å². The highest BCUT2D eigenvalue weighted by atomic mass is 15.0. The lowest BCUT2D eigenvalue weighted by Crippen LogP contribution is -2.00. The number of fused-ring (bicyclic) bond motifs is 1. The third kappa shape index (κ3) is 2.41. The molecule has 130 valence electrons. The van der Waals surface area contributed by atoms with Crippen LogP contribution in [0.5, 0.6) is 0 Å². The van der Waals surface area contributed by atoms with E-state index in [2.05, 4.69) is 104 Å². The number of aryl methyl sites for hydroxylation is 1. The Morgan fingerprint density at radius 2 is 1.50 bits per heavy atom. The van der Waals surface area contributed by atoms with Crippen LogP contribution in [-0.2, 0) is 0 Å². The lowest BCUT2D eigenvalue weighted by Gasteiger charge is -2.13.